The highest BCUT2D eigenvalue weighted by atomic mass is 35.5. The molecule has 1 aromatic carbocycles. The van der Waals surface area contributed by atoms with Gasteiger partial charge in [-0.2, -0.15) is 0 Å². The maximum absolute atomic E-state index is 13.1. The lowest BCUT2D eigenvalue weighted by Crippen LogP contribution is -2.42. The molecular weight excluding hydrogens is 510 g/mol. The van der Waals surface area contributed by atoms with Crippen LogP contribution in [-0.2, 0) is 9.53 Å². The summed E-state index contributed by atoms with van der Waals surface area (Å²) >= 11 is 0. The third kappa shape index (κ3) is 12.7. The molecule has 0 aliphatic heterocycles. The van der Waals surface area contributed by atoms with Crippen LogP contribution in [0.2, 0.25) is 0 Å². The molecule has 0 saturated carbocycles. The number of nitrogens with one attached hydrogen (secondary N) is 2. The summed E-state index contributed by atoms with van der Waals surface area (Å²) in [6, 6.07) is 4.70. The molecule has 4 atom stereocenters. The zero-order valence-corrected chi connectivity index (χ0v) is 24.8. The first-order chi connectivity index (χ1) is 17.7. The fourth-order valence-corrected chi connectivity index (χ4v) is 4.01. The van der Waals surface area contributed by atoms with Crippen molar-refractivity contribution in [1.29, 1.82) is 0 Å². The molecule has 0 bridgehead atoms. The average molecular weight is 560 g/mol. The second kappa shape index (κ2) is 19.9. The Morgan fingerprint density at radius 2 is 1.76 bits per heavy atom. The molecule has 9 nitrogen and oxygen atoms in total. The molecular formula is C28H50ClN3O6. The van der Waals surface area contributed by atoms with Crippen molar-refractivity contribution in [2.45, 2.75) is 71.9 Å². The summed E-state index contributed by atoms with van der Waals surface area (Å²) in [5, 5.41) is 16.6. The minimum Gasteiger partial charge on any atom is -0.493 e. The van der Waals surface area contributed by atoms with Gasteiger partial charge in [0.2, 0.25) is 5.91 Å². The SMILES string of the molecule is CCCCNC(=O)[C@H](C)C[C@H](O)[C@@H](N)C[C@H](CNC(=O)c1cccc(OC)c1OCCCOC)C(C)C.Cl. The molecule has 38 heavy (non-hydrogen) atoms. The van der Waals surface area contributed by atoms with Crippen LogP contribution in [0.4, 0.5) is 0 Å². The normalized spacial score (nSPS) is 14.1. The van der Waals surface area contributed by atoms with Crippen LogP contribution >= 0.6 is 12.4 Å². The zero-order chi connectivity index (χ0) is 27.8. The Kier molecular flexibility index (Phi) is 18.8. The van der Waals surface area contributed by atoms with E-state index >= 15 is 0 Å². The lowest BCUT2D eigenvalue weighted by atomic mass is 9.86. The van der Waals surface area contributed by atoms with E-state index in [0.717, 1.165) is 12.8 Å². The number of rotatable bonds is 19. The second-order valence-electron chi connectivity index (χ2n) is 9.99. The van der Waals surface area contributed by atoms with Gasteiger partial charge in [0.05, 0.1) is 25.4 Å². The third-order valence-electron chi connectivity index (χ3n) is 6.59. The van der Waals surface area contributed by atoms with Gasteiger partial charge < -0.3 is 35.7 Å². The first kappa shape index (κ1) is 35.9. The van der Waals surface area contributed by atoms with Gasteiger partial charge in [0.25, 0.3) is 5.91 Å². The van der Waals surface area contributed by atoms with Gasteiger partial charge in [0.1, 0.15) is 0 Å². The van der Waals surface area contributed by atoms with Gasteiger partial charge in [-0.25, -0.2) is 0 Å². The van der Waals surface area contributed by atoms with Crippen molar-refractivity contribution in [2.75, 3.05) is 40.5 Å². The molecule has 220 valence electrons. The number of hydrogen-bond acceptors (Lipinski definition) is 7. The number of carbonyl (C=O) groups excluding carboxylic acids is 2. The summed E-state index contributed by atoms with van der Waals surface area (Å²) in [4.78, 5) is 25.4. The fourth-order valence-electron chi connectivity index (χ4n) is 4.01. The number of halogens is 1. The molecule has 0 spiro atoms. The molecule has 0 unspecified atom stereocenters. The van der Waals surface area contributed by atoms with Crippen molar-refractivity contribution >= 4 is 24.2 Å². The van der Waals surface area contributed by atoms with E-state index in [1.807, 2.05) is 0 Å². The maximum Gasteiger partial charge on any atom is 0.255 e. The molecule has 1 aromatic rings. The molecule has 0 saturated heterocycles. The Labute approximate surface area is 235 Å². The molecule has 0 aliphatic rings. The van der Waals surface area contributed by atoms with E-state index in [4.69, 9.17) is 19.9 Å². The van der Waals surface area contributed by atoms with E-state index in [9.17, 15) is 14.7 Å². The van der Waals surface area contributed by atoms with Crippen LogP contribution in [0.15, 0.2) is 18.2 Å². The first-order valence-electron chi connectivity index (χ1n) is 13.4. The second-order valence-corrected chi connectivity index (χ2v) is 9.99. The predicted molar refractivity (Wildman–Crippen MR) is 153 cm³/mol. The van der Waals surface area contributed by atoms with E-state index in [-0.39, 0.29) is 42.0 Å². The molecule has 1 rings (SSSR count). The van der Waals surface area contributed by atoms with E-state index in [1.165, 1.54) is 7.11 Å². The molecule has 0 fully saturated rings. The lowest BCUT2D eigenvalue weighted by molar-refractivity contribution is -0.125. The van der Waals surface area contributed by atoms with Gasteiger partial charge in [0.15, 0.2) is 11.5 Å². The van der Waals surface area contributed by atoms with Gasteiger partial charge in [-0.15, -0.1) is 12.4 Å². The highest BCUT2D eigenvalue weighted by Crippen LogP contribution is 2.31. The van der Waals surface area contributed by atoms with Crippen LogP contribution in [0.5, 0.6) is 11.5 Å². The fraction of sp³-hybridized carbons (Fsp3) is 0.714. The van der Waals surface area contributed by atoms with Gasteiger partial charge in [-0.1, -0.05) is 40.2 Å². The van der Waals surface area contributed by atoms with E-state index in [0.29, 0.717) is 62.6 Å². The molecule has 10 heteroatoms. The average Bonchev–Trinajstić information content (AvgIpc) is 2.88. The van der Waals surface area contributed by atoms with Crippen LogP contribution in [0, 0.1) is 17.8 Å². The van der Waals surface area contributed by atoms with E-state index < -0.39 is 12.1 Å². The number of benzene rings is 1. The van der Waals surface area contributed by atoms with Gasteiger partial charge in [-0.3, -0.25) is 9.59 Å². The van der Waals surface area contributed by atoms with Gasteiger partial charge in [0, 0.05) is 45.2 Å². The third-order valence-corrected chi connectivity index (χ3v) is 6.59. The highest BCUT2D eigenvalue weighted by Gasteiger charge is 2.26. The number of amides is 2. The van der Waals surface area contributed by atoms with Crippen molar-refractivity contribution in [3.63, 3.8) is 0 Å². The minimum atomic E-state index is -0.811. The molecule has 2 amide bonds. The molecule has 0 aliphatic carbocycles. The summed E-state index contributed by atoms with van der Waals surface area (Å²) in [7, 11) is 3.17. The summed E-state index contributed by atoms with van der Waals surface area (Å²) in [5.41, 5.74) is 6.74. The summed E-state index contributed by atoms with van der Waals surface area (Å²) < 4.78 is 16.3. The Hall–Kier alpha value is -2.07. The van der Waals surface area contributed by atoms with Crippen molar-refractivity contribution in [1.82, 2.24) is 10.6 Å². The van der Waals surface area contributed by atoms with E-state index in [1.54, 1.807) is 32.2 Å². The monoisotopic (exact) mass is 559 g/mol. The van der Waals surface area contributed by atoms with Gasteiger partial charge >= 0.3 is 0 Å². The number of carbonyl (C=O) groups is 2. The Morgan fingerprint density at radius 1 is 1.05 bits per heavy atom. The predicted octanol–water partition coefficient (Wildman–Crippen LogP) is 3.56. The summed E-state index contributed by atoms with van der Waals surface area (Å²) in [5.74, 6) is 0.498. The standard InChI is InChI=1S/C28H49N3O6.ClH/c1-7-8-13-30-27(33)20(4)16-24(32)23(29)17-21(19(2)3)18-31-28(34)22-11-9-12-25(36-6)26(22)37-15-10-14-35-5;/h9,11-12,19-21,23-24,32H,7-8,10,13-18,29H2,1-6H3,(H,30,33)(H,31,34);1H/t20-,21-,23+,24+;/m1./s1. The minimum absolute atomic E-state index is 0. The molecule has 0 aromatic heterocycles. The number of ether oxygens (including phenoxy) is 3. The van der Waals surface area contributed by atoms with Gasteiger partial charge in [-0.05, 0) is 43.2 Å². The number of para-hydroxylation sites is 1. The molecule has 0 heterocycles. The van der Waals surface area contributed by atoms with Crippen LogP contribution in [0.1, 0.15) is 70.2 Å². The van der Waals surface area contributed by atoms with E-state index in [2.05, 4.69) is 31.4 Å². The van der Waals surface area contributed by atoms with Crippen LogP contribution in [0.3, 0.4) is 0 Å². The summed E-state index contributed by atoms with van der Waals surface area (Å²) in [6.07, 6.45) is 2.62. The number of hydrogen-bond donors (Lipinski definition) is 4. The smallest absolute Gasteiger partial charge is 0.255 e. The van der Waals surface area contributed by atoms with Crippen molar-refractivity contribution < 1.29 is 28.9 Å². The lowest BCUT2D eigenvalue weighted by Gasteiger charge is -2.28. The Bertz CT molecular complexity index is 811. The number of aliphatic hydroxyl groups is 1. The maximum atomic E-state index is 13.1. The summed E-state index contributed by atoms with van der Waals surface area (Å²) in [6.45, 7) is 9.99. The Morgan fingerprint density at radius 3 is 2.37 bits per heavy atom. The van der Waals surface area contributed by atoms with Crippen LogP contribution in [0.25, 0.3) is 0 Å². The van der Waals surface area contributed by atoms with Crippen LogP contribution < -0.4 is 25.8 Å². The number of methoxy groups -OCH3 is 2. The van der Waals surface area contributed by atoms with Crippen molar-refractivity contribution in [2.24, 2.45) is 23.5 Å². The number of unbranched alkanes of at least 4 members (excludes halogenated alkanes) is 1. The zero-order valence-electron chi connectivity index (χ0n) is 24.0. The highest BCUT2D eigenvalue weighted by molar-refractivity contribution is 5.97. The van der Waals surface area contributed by atoms with Crippen LogP contribution in [-0.4, -0.2) is 69.6 Å². The number of aliphatic hydroxyl groups excluding tert-OH is 1. The topological polar surface area (TPSA) is 132 Å². The Balaban J connectivity index is 0.0000137. The largest absolute Gasteiger partial charge is 0.493 e. The first-order valence-corrected chi connectivity index (χ1v) is 13.4. The van der Waals surface area contributed by atoms with Crippen molar-refractivity contribution in [3.05, 3.63) is 23.8 Å². The number of nitrogens with two attached hydrogens (primary N) is 1. The molecule has 5 N–H and O–H groups in total. The quantitative estimate of drug-likeness (QED) is 0.190. The van der Waals surface area contributed by atoms with Crippen molar-refractivity contribution in [3.8, 4) is 11.5 Å². The molecule has 0 radical (unpaired) electrons.